The summed E-state index contributed by atoms with van der Waals surface area (Å²) >= 11 is 0. The van der Waals surface area contributed by atoms with Gasteiger partial charge in [0.15, 0.2) is 0 Å². The number of carbonyl (C=O) groups is 1. The molecule has 1 amide bonds. The van der Waals surface area contributed by atoms with Crippen LogP contribution >= 0.6 is 0 Å². The summed E-state index contributed by atoms with van der Waals surface area (Å²) < 4.78 is 0. The molecule has 1 aromatic carbocycles. The number of hydrogen-bond donors (Lipinski definition) is 2. The fourth-order valence-corrected chi connectivity index (χ4v) is 2.22. The Morgan fingerprint density at radius 1 is 1.22 bits per heavy atom. The summed E-state index contributed by atoms with van der Waals surface area (Å²) in [6, 6.07) is 9.73. The number of benzene rings is 1. The smallest absolute Gasteiger partial charge is 0.242 e. The Morgan fingerprint density at radius 3 is 2.17 bits per heavy atom. The fraction of sp³-hybridized carbons (Fsp3) is 0.533. The first kappa shape index (κ1) is 14.7. The molecule has 0 aromatic heterocycles. The van der Waals surface area contributed by atoms with Crippen molar-refractivity contribution in [3.8, 4) is 0 Å². The van der Waals surface area contributed by atoms with Crippen LogP contribution in [0.2, 0.25) is 0 Å². The second-order valence-electron chi connectivity index (χ2n) is 5.47. The van der Waals surface area contributed by atoms with Crippen molar-refractivity contribution in [2.24, 2.45) is 17.6 Å². The summed E-state index contributed by atoms with van der Waals surface area (Å²) in [6.45, 7) is 9.03. The van der Waals surface area contributed by atoms with Gasteiger partial charge in [-0.05, 0) is 23.9 Å². The van der Waals surface area contributed by atoms with Gasteiger partial charge in [0.2, 0.25) is 5.91 Å². The van der Waals surface area contributed by atoms with Gasteiger partial charge in [-0.2, -0.15) is 0 Å². The molecule has 0 aliphatic carbocycles. The Balaban J connectivity index is 3.18. The third-order valence-corrected chi connectivity index (χ3v) is 3.27. The van der Waals surface area contributed by atoms with Crippen molar-refractivity contribution in [1.29, 1.82) is 0 Å². The van der Waals surface area contributed by atoms with E-state index in [0.29, 0.717) is 5.92 Å². The minimum atomic E-state index is -0.786. The molecule has 1 atom stereocenters. The molecule has 0 aliphatic heterocycles. The first-order valence-electron chi connectivity index (χ1n) is 6.51. The van der Waals surface area contributed by atoms with Crippen LogP contribution in [0.5, 0.6) is 0 Å². The molecule has 0 aliphatic rings. The second-order valence-corrected chi connectivity index (χ2v) is 5.47. The lowest BCUT2D eigenvalue weighted by Gasteiger charge is -2.37. The molecule has 1 unspecified atom stereocenters. The maximum atomic E-state index is 12.0. The van der Waals surface area contributed by atoms with Crippen molar-refractivity contribution in [2.45, 2.75) is 33.2 Å². The van der Waals surface area contributed by atoms with Crippen molar-refractivity contribution in [1.82, 2.24) is 5.32 Å². The van der Waals surface area contributed by atoms with Gasteiger partial charge in [-0.15, -0.1) is 0 Å². The summed E-state index contributed by atoms with van der Waals surface area (Å²) in [6.07, 6.45) is 0. The van der Waals surface area contributed by atoms with E-state index < -0.39 is 5.54 Å². The van der Waals surface area contributed by atoms with Crippen molar-refractivity contribution in [3.63, 3.8) is 0 Å². The van der Waals surface area contributed by atoms with E-state index in [0.717, 1.165) is 12.1 Å². The molecule has 0 spiro atoms. The van der Waals surface area contributed by atoms with E-state index in [4.69, 9.17) is 5.73 Å². The van der Waals surface area contributed by atoms with Crippen molar-refractivity contribution < 1.29 is 4.79 Å². The number of primary amides is 1. The molecular formula is C15H24N2O. The number of nitrogens with one attached hydrogen (secondary N) is 1. The first-order chi connectivity index (χ1) is 8.41. The Labute approximate surface area is 110 Å². The maximum absolute atomic E-state index is 12.0. The molecule has 0 radical (unpaired) electrons. The third kappa shape index (κ3) is 2.91. The van der Waals surface area contributed by atoms with E-state index in [2.05, 4.69) is 19.2 Å². The van der Waals surface area contributed by atoms with E-state index in [1.54, 1.807) is 0 Å². The van der Waals surface area contributed by atoms with Crippen LogP contribution in [0.25, 0.3) is 0 Å². The summed E-state index contributed by atoms with van der Waals surface area (Å²) in [4.78, 5) is 12.0. The lowest BCUT2D eigenvalue weighted by Crippen LogP contribution is -2.57. The van der Waals surface area contributed by atoms with E-state index in [1.165, 1.54) is 0 Å². The topological polar surface area (TPSA) is 55.1 Å². The van der Waals surface area contributed by atoms with Crippen molar-refractivity contribution in [3.05, 3.63) is 35.9 Å². The lowest BCUT2D eigenvalue weighted by molar-refractivity contribution is -0.126. The molecular weight excluding hydrogens is 224 g/mol. The van der Waals surface area contributed by atoms with Gasteiger partial charge in [-0.1, -0.05) is 58.0 Å². The standard InChI is InChI=1S/C15H24N2O/c1-11(2)10-17-15(12(3)4,14(16)18)13-8-6-5-7-9-13/h5-9,11-12,17H,10H2,1-4H3,(H2,16,18). The first-order valence-corrected chi connectivity index (χ1v) is 6.51. The van der Waals surface area contributed by atoms with Gasteiger partial charge >= 0.3 is 0 Å². The van der Waals surface area contributed by atoms with Crippen molar-refractivity contribution in [2.75, 3.05) is 6.54 Å². The highest BCUT2D eigenvalue weighted by Crippen LogP contribution is 2.29. The van der Waals surface area contributed by atoms with Gasteiger partial charge in [-0.3, -0.25) is 10.1 Å². The quantitative estimate of drug-likeness (QED) is 0.811. The van der Waals surface area contributed by atoms with Crippen LogP contribution < -0.4 is 11.1 Å². The molecule has 0 heterocycles. The molecule has 3 N–H and O–H groups in total. The van der Waals surface area contributed by atoms with E-state index in [9.17, 15) is 4.79 Å². The average Bonchev–Trinajstić information content (AvgIpc) is 2.30. The predicted octanol–water partition coefficient (Wildman–Crippen LogP) is 2.27. The van der Waals surface area contributed by atoms with Gasteiger partial charge in [0, 0.05) is 0 Å². The minimum Gasteiger partial charge on any atom is -0.368 e. The SMILES string of the molecule is CC(C)CNC(C(N)=O)(c1ccccc1)C(C)C. The summed E-state index contributed by atoms with van der Waals surface area (Å²) in [5, 5.41) is 3.37. The van der Waals surface area contributed by atoms with Crippen LogP contribution in [-0.2, 0) is 10.3 Å². The zero-order valence-corrected chi connectivity index (χ0v) is 11.7. The summed E-state index contributed by atoms with van der Waals surface area (Å²) in [5.74, 6) is 0.242. The normalized spacial score (nSPS) is 14.8. The van der Waals surface area contributed by atoms with Crippen molar-refractivity contribution >= 4 is 5.91 Å². The van der Waals surface area contributed by atoms with Crippen LogP contribution in [-0.4, -0.2) is 12.5 Å². The number of rotatable bonds is 6. The molecule has 0 saturated heterocycles. The minimum absolute atomic E-state index is 0.0937. The summed E-state index contributed by atoms with van der Waals surface area (Å²) in [7, 11) is 0. The Kier molecular flexibility index (Phi) is 4.91. The molecule has 18 heavy (non-hydrogen) atoms. The predicted molar refractivity (Wildman–Crippen MR) is 75.0 cm³/mol. The fourth-order valence-electron chi connectivity index (χ4n) is 2.22. The molecule has 0 fully saturated rings. The highest BCUT2D eigenvalue weighted by atomic mass is 16.1. The largest absolute Gasteiger partial charge is 0.368 e. The van der Waals surface area contributed by atoms with E-state index >= 15 is 0 Å². The zero-order chi connectivity index (χ0) is 13.8. The van der Waals surface area contributed by atoms with E-state index in [1.807, 2.05) is 44.2 Å². The number of hydrogen-bond acceptors (Lipinski definition) is 2. The molecule has 3 heteroatoms. The lowest BCUT2D eigenvalue weighted by atomic mass is 9.79. The van der Waals surface area contributed by atoms with Gasteiger partial charge in [0.25, 0.3) is 0 Å². The molecule has 1 rings (SSSR count). The molecule has 0 bridgehead atoms. The highest BCUT2D eigenvalue weighted by molar-refractivity contribution is 5.86. The average molecular weight is 248 g/mol. The molecule has 1 aromatic rings. The molecule has 3 nitrogen and oxygen atoms in total. The Hall–Kier alpha value is -1.35. The van der Waals surface area contributed by atoms with Crippen LogP contribution in [0.1, 0.15) is 33.3 Å². The van der Waals surface area contributed by atoms with Gasteiger partial charge in [-0.25, -0.2) is 0 Å². The second kappa shape index (κ2) is 6.01. The van der Waals surface area contributed by atoms with Gasteiger partial charge in [0.05, 0.1) is 0 Å². The molecule has 100 valence electrons. The van der Waals surface area contributed by atoms with Crippen LogP contribution in [0.15, 0.2) is 30.3 Å². The monoisotopic (exact) mass is 248 g/mol. The van der Waals surface area contributed by atoms with Gasteiger partial charge in [0.1, 0.15) is 5.54 Å². The van der Waals surface area contributed by atoms with Crippen LogP contribution in [0.4, 0.5) is 0 Å². The number of carbonyl (C=O) groups excluding carboxylic acids is 1. The van der Waals surface area contributed by atoms with E-state index in [-0.39, 0.29) is 11.8 Å². The van der Waals surface area contributed by atoms with Gasteiger partial charge < -0.3 is 5.73 Å². The highest BCUT2D eigenvalue weighted by Gasteiger charge is 2.41. The van der Waals surface area contributed by atoms with Crippen LogP contribution in [0, 0.1) is 11.8 Å². The number of amides is 1. The van der Waals surface area contributed by atoms with Crippen LogP contribution in [0.3, 0.4) is 0 Å². The Bertz CT molecular complexity index is 387. The molecule has 0 saturated carbocycles. The zero-order valence-electron chi connectivity index (χ0n) is 11.7. The maximum Gasteiger partial charge on any atom is 0.242 e. The third-order valence-electron chi connectivity index (χ3n) is 3.27. The summed E-state index contributed by atoms with van der Waals surface area (Å²) in [5.41, 5.74) is 5.84. The Morgan fingerprint density at radius 2 is 1.78 bits per heavy atom. The number of nitrogens with two attached hydrogens (primary N) is 1.